The molecule has 0 aliphatic rings. The summed E-state index contributed by atoms with van der Waals surface area (Å²) in [7, 11) is 0. The van der Waals surface area contributed by atoms with Crippen LogP contribution in [0.15, 0.2) is 200 Å². The molecule has 0 unspecified atom stereocenters. The Morgan fingerprint density at radius 1 is 0.357 bits per heavy atom. The van der Waals surface area contributed by atoms with Gasteiger partial charge in [0.05, 0.1) is 27.9 Å². The maximum absolute atomic E-state index is 5.09. The number of aromatic nitrogens is 5. The fourth-order valence-corrected chi connectivity index (χ4v) is 8.22. The lowest BCUT2D eigenvalue weighted by Gasteiger charge is -2.13. The quantitative estimate of drug-likeness (QED) is 0.172. The molecule has 0 bridgehead atoms. The first-order valence-electron chi connectivity index (χ1n) is 18.9. The molecule has 4 heterocycles. The molecule has 11 aromatic rings. The van der Waals surface area contributed by atoms with E-state index in [0.29, 0.717) is 5.82 Å². The van der Waals surface area contributed by atoms with Crippen LogP contribution in [0.25, 0.3) is 100 Å². The highest BCUT2D eigenvalue weighted by atomic mass is 15.0. The van der Waals surface area contributed by atoms with Crippen LogP contribution in [0.5, 0.6) is 0 Å². The van der Waals surface area contributed by atoms with Crippen molar-refractivity contribution in [1.82, 2.24) is 24.1 Å². The van der Waals surface area contributed by atoms with E-state index in [1.165, 1.54) is 27.2 Å². The molecule has 0 spiro atoms. The minimum atomic E-state index is 0.706. The van der Waals surface area contributed by atoms with Crippen LogP contribution in [-0.2, 0) is 0 Å². The Morgan fingerprint density at radius 3 is 1.71 bits per heavy atom. The maximum Gasteiger partial charge on any atom is 0.160 e. The zero-order valence-corrected chi connectivity index (χ0v) is 30.3. The van der Waals surface area contributed by atoms with E-state index >= 15 is 0 Å². The van der Waals surface area contributed by atoms with Crippen molar-refractivity contribution in [2.45, 2.75) is 0 Å². The monoisotopic (exact) mass is 715 g/mol. The lowest BCUT2D eigenvalue weighted by Crippen LogP contribution is -1.97. The van der Waals surface area contributed by atoms with E-state index in [1.54, 1.807) is 0 Å². The predicted octanol–water partition coefficient (Wildman–Crippen LogP) is 12.7. The summed E-state index contributed by atoms with van der Waals surface area (Å²) < 4.78 is 4.67. The molecule has 262 valence electrons. The summed E-state index contributed by atoms with van der Waals surface area (Å²) in [6, 6.07) is 68.3. The third-order valence-corrected chi connectivity index (χ3v) is 10.8. The highest BCUT2D eigenvalue weighted by Gasteiger charge is 2.19. The largest absolute Gasteiger partial charge is 0.309 e. The molecule has 0 N–H and O–H groups in total. The second kappa shape index (κ2) is 13.0. The first-order chi connectivity index (χ1) is 27.8. The van der Waals surface area contributed by atoms with E-state index in [1.807, 2.05) is 48.7 Å². The number of benzene rings is 7. The van der Waals surface area contributed by atoms with Crippen molar-refractivity contribution in [3.63, 3.8) is 0 Å². The standard InChI is InChI=1S/C51H33N5/c1-4-14-34(15-5-1)45-33-46(54-50(53-45)36-16-6-2-7-17-36)35-25-28-39(29-26-35)55-47-24-11-10-20-41(47)42-22-12-21-40(49(42)55)37-27-30-48-44(32-37)43-23-13-31-52-51(43)56(48)38-18-8-3-9-19-38/h1-33H. The molecule has 0 fully saturated rings. The molecule has 0 aliphatic carbocycles. The van der Waals surface area contributed by atoms with E-state index in [2.05, 4.69) is 161 Å². The Balaban J connectivity index is 1.08. The predicted molar refractivity (Wildman–Crippen MR) is 230 cm³/mol. The first-order valence-corrected chi connectivity index (χ1v) is 18.9. The molecule has 0 saturated carbocycles. The summed E-state index contributed by atoms with van der Waals surface area (Å²) >= 11 is 0. The Morgan fingerprint density at radius 2 is 0.946 bits per heavy atom. The highest BCUT2D eigenvalue weighted by Crippen LogP contribution is 2.41. The number of rotatable bonds is 6. The fraction of sp³-hybridized carbons (Fsp3) is 0. The number of pyridine rings is 1. The number of fused-ring (bicyclic) bond motifs is 6. The van der Waals surface area contributed by atoms with Gasteiger partial charge < -0.3 is 4.57 Å². The molecule has 0 saturated heterocycles. The number of para-hydroxylation sites is 3. The molecule has 7 aromatic carbocycles. The van der Waals surface area contributed by atoms with Crippen molar-refractivity contribution in [1.29, 1.82) is 0 Å². The van der Waals surface area contributed by atoms with Gasteiger partial charge in [0.25, 0.3) is 0 Å². The van der Waals surface area contributed by atoms with E-state index in [9.17, 15) is 0 Å². The third-order valence-electron chi connectivity index (χ3n) is 10.8. The molecule has 11 rings (SSSR count). The van der Waals surface area contributed by atoms with Gasteiger partial charge in [0, 0.05) is 61.4 Å². The highest BCUT2D eigenvalue weighted by molar-refractivity contribution is 6.15. The summed E-state index contributed by atoms with van der Waals surface area (Å²) in [5.41, 5.74) is 13.8. The Labute approximate surface area is 323 Å². The summed E-state index contributed by atoms with van der Waals surface area (Å²) in [5, 5.41) is 4.74. The zero-order chi connectivity index (χ0) is 37.0. The summed E-state index contributed by atoms with van der Waals surface area (Å²) in [6.45, 7) is 0. The molecule has 4 aromatic heterocycles. The van der Waals surface area contributed by atoms with E-state index in [-0.39, 0.29) is 0 Å². The van der Waals surface area contributed by atoms with Crippen molar-refractivity contribution in [2.24, 2.45) is 0 Å². The lowest BCUT2D eigenvalue weighted by atomic mass is 10.00. The van der Waals surface area contributed by atoms with Gasteiger partial charge in [-0.3, -0.25) is 4.57 Å². The molecule has 56 heavy (non-hydrogen) atoms. The average molecular weight is 716 g/mol. The molecular formula is C51H33N5. The Kier molecular flexibility index (Phi) is 7.42. The fourth-order valence-electron chi connectivity index (χ4n) is 8.22. The number of nitrogens with zero attached hydrogens (tertiary/aromatic N) is 5. The molecule has 0 atom stereocenters. The SMILES string of the molecule is c1ccc(-c2cc(-c3ccc(-n4c5ccccc5c5cccc(-c6ccc7c(c6)c6cccnc6n7-c6ccccc6)c54)cc3)nc(-c3ccccc3)n2)cc1. The van der Waals surface area contributed by atoms with Crippen LogP contribution >= 0.6 is 0 Å². The van der Waals surface area contributed by atoms with Crippen molar-refractivity contribution >= 4 is 43.7 Å². The van der Waals surface area contributed by atoms with Crippen LogP contribution in [0, 0.1) is 0 Å². The normalized spacial score (nSPS) is 11.6. The maximum atomic E-state index is 5.09. The lowest BCUT2D eigenvalue weighted by molar-refractivity contribution is 1.14. The van der Waals surface area contributed by atoms with Crippen molar-refractivity contribution in [3.05, 3.63) is 200 Å². The molecular weight excluding hydrogens is 683 g/mol. The first kappa shape index (κ1) is 31.9. The van der Waals surface area contributed by atoms with Gasteiger partial charge in [0.15, 0.2) is 5.82 Å². The van der Waals surface area contributed by atoms with Crippen LogP contribution in [0.4, 0.5) is 0 Å². The second-order valence-corrected chi connectivity index (χ2v) is 14.1. The number of hydrogen-bond acceptors (Lipinski definition) is 3. The molecule has 0 amide bonds. The van der Waals surface area contributed by atoms with Gasteiger partial charge in [-0.2, -0.15) is 0 Å². The summed E-state index contributed by atoms with van der Waals surface area (Å²) in [6.07, 6.45) is 1.88. The second-order valence-electron chi connectivity index (χ2n) is 14.1. The average Bonchev–Trinajstić information content (AvgIpc) is 3.80. The molecule has 0 radical (unpaired) electrons. The van der Waals surface area contributed by atoms with Crippen molar-refractivity contribution in [3.8, 4) is 56.4 Å². The molecule has 0 aliphatic heterocycles. The van der Waals surface area contributed by atoms with Crippen molar-refractivity contribution in [2.75, 3.05) is 0 Å². The van der Waals surface area contributed by atoms with Crippen LogP contribution in [0.1, 0.15) is 0 Å². The van der Waals surface area contributed by atoms with E-state index in [4.69, 9.17) is 15.0 Å². The smallest absolute Gasteiger partial charge is 0.160 e. The molecule has 5 heteroatoms. The minimum absolute atomic E-state index is 0.706. The summed E-state index contributed by atoms with van der Waals surface area (Å²) in [4.78, 5) is 14.9. The minimum Gasteiger partial charge on any atom is -0.309 e. The van der Waals surface area contributed by atoms with Gasteiger partial charge >= 0.3 is 0 Å². The van der Waals surface area contributed by atoms with Crippen LogP contribution < -0.4 is 0 Å². The van der Waals surface area contributed by atoms with Crippen LogP contribution in [-0.4, -0.2) is 24.1 Å². The van der Waals surface area contributed by atoms with Crippen molar-refractivity contribution < 1.29 is 0 Å². The number of hydrogen-bond donors (Lipinski definition) is 0. The van der Waals surface area contributed by atoms with Gasteiger partial charge in [-0.15, -0.1) is 0 Å². The van der Waals surface area contributed by atoms with E-state index in [0.717, 1.165) is 67.1 Å². The Hall–Kier alpha value is -7.63. The van der Waals surface area contributed by atoms with Gasteiger partial charge in [0.2, 0.25) is 0 Å². The van der Waals surface area contributed by atoms with Crippen LogP contribution in [0.3, 0.4) is 0 Å². The van der Waals surface area contributed by atoms with Gasteiger partial charge in [-0.25, -0.2) is 15.0 Å². The van der Waals surface area contributed by atoms with E-state index < -0.39 is 0 Å². The third kappa shape index (κ3) is 5.21. The van der Waals surface area contributed by atoms with Crippen LogP contribution in [0.2, 0.25) is 0 Å². The topological polar surface area (TPSA) is 48.5 Å². The van der Waals surface area contributed by atoms with Gasteiger partial charge in [0.1, 0.15) is 5.65 Å². The molecule has 5 nitrogen and oxygen atoms in total. The zero-order valence-electron chi connectivity index (χ0n) is 30.3. The summed E-state index contributed by atoms with van der Waals surface area (Å²) in [5.74, 6) is 0.706. The van der Waals surface area contributed by atoms with Gasteiger partial charge in [-0.1, -0.05) is 133 Å². The van der Waals surface area contributed by atoms with Gasteiger partial charge in [-0.05, 0) is 66.2 Å². The Bertz CT molecular complexity index is 3160.